The van der Waals surface area contributed by atoms with Crippen molar-refractivity contribution in [2.75, 3.05) is 5.32 Å². The molecule has 1 aromatic carbocycles. The van der Waals surface area contributed by atoms with Gasteiger partial charge in [-0.3, -0.25) is 10.1 Å². The topological polar surface area (TPSA) is 93.8 Å². The lowest BCUT2D eigenvalue weighted by Gasteiger charge is -2.07. The molecule has 2 heterocycles. The molecule has 0 aliphatic rings. The molecule has 142 valence electrons. The molecular weight excluding hydrogens is 382 g/mol. The highest BCUT2D eigenvalue weighted by Crippen LogP contribution is 2.27. The SMILES string of the molecule is CCCCCc1nnc(NC(=O)c2ccccc2SCc2noc(C)n2)s1. The molecular formula is C18H21N5O2S2. The number of carbonyl (C=O) groups excluding carboxylic acids is 1. The second kappa shape index (κ2) is 9.61. The summed E-state index contributed by atoms with van der Waals surface area (Å²) in [6.07, 6.45) is 4.33. The molecule has 0 spiro atoms. The van der Waals surface area contributed by atoms with Crippen molar-refractivity contribution in [1.82, 2.24) is 20.3 Å². The normalized spacial score (nSPS) is 10.9. The van der Waals surface area contributed by atoms with Crippen LogP contribution in [0.25, 0.3) is 0 Å². The molecule has 0 atom stereocenters. The fraction of sp³-hybridized carbons (Fsp3) is 0.389. The third kappa shape index (κ3) is 5.61. The number of hydrogen-bond acceptors (Lipinski definition) is 8. The predicted octanol–water partition coefficient (Wildman–Crippen LogP) is 4.51. The Balaban J connectivity index is 1.62. The predicted molar refractivity (Wildman–Crippen MR) is 106 cm³/mol. The first kappa shape index (κ1) is 19.5. The molecule has 7 nitrogen and oxygen atoms in total. The van der Waals surface area contributed by atoms with Gasteiger partial charge in [-0.2, -0.15) is 4.98 Å². The van der Waals surface area contributed by atoms with Crippen LogP contribution in [0.5, 0.6) is 0 Å². The summed E-state index contributed by atoms with van der Waals surface area (Å²) in [4.78, 5) is 17.7. The molecule has 2 aromatic heterocycles. The van der Waals surface area contributed by atoms with Gasteiger partial charge in [0.05, 0.1) is 11.3 Å². The number of nitrogens with zero attached hydrogens (tertiary/aromatic N) is 4. The molecule has 0 bridgehead atoms. The van der Waals surface area contributed by atoms with Crippen molar-refractivity contribution in [2.45, 2.75) is 50.2 Å². The number of carbonyl (C=O) groups is 1. The lowest BCUT2D eigenvalue weighted by Crippen LogP contribution is -2.12. The Morgan fingerprint density at radius 2 is 2.11 bits per heavy atom. The molecule has 0 saturated heterocycles. The Kier molecular flexibility index (Phi) is 6.94. The summed E-state index contributed by atoms with van der Waals surface area (Å²) in [5.74, 6) is 1.47. The molecule has 0 aliphatic heterocycles. The van der Waals surface area contributed by atoms with Gasteiger partial charge in [0.2, 0.25) is 11.0 Å². The Hall–Kier alpha value is -2.26. The molecule has 1 N–H and O–H groups in total. The van der Waals surface area contributed by atoms with Crippen LogP contribution in [0.2, 0.25) is 0 Å². The second-order valence-corrected chi connectivity index (χ2v) is 8.01. The van der Waals surface area contributed by atoms with Gasteiger partial charge in [0.25, 0.3) is 5.91 Å². The van der Waals surface area contributed by atoms with Crippen LogP contribution in [0.15, 0.2) is 33.7 Å². The van der Waals surface area contributed by atoms with Crippen LogP contribution in [0.3, 0.4) is 0 Å². The minimum atomic E-state index is -0.196. The van der Waals surface area contributed by atoms with Crippen molar-refractivity contribution in [3.8, 4) is 0 Å². The van der Waals surface area contributed by atoms with E-state index in [0.29, 0.717) is 28.2 Å². The van der Waals surface area contributed by atoms with E-state index in [4.69, 9.17) is 4.52 Å². The van der Waals surface area contributed by atoms with Gasteiger partial charge in [-0.05, 0) is 18.6 Å². The molecule has 3 aromatic rings. The van der Waals surface area contributed by atoms with Crippen LogP contribution in [0.1, 0.15) is 53.3 Å². The largest absolute Gasteiger partial charge is 0.340 e. The molecule has 0 aliphatic carbocycles. The van der Waals surface area contributed by atoms with Gasteiger partial charge >= 0.3 is 0 Å². The molecule has 1 amide bonds. The Labute approximate surface area is 166 Å². The van der Waals surface area contributed by atoms with Crippen LogP contribution >= 0.6 is 23.1 Å². The zero-order chi connectivity index (χ0) is 19.1. The second-order valence-electron chi connectivity index (χ2n) is 5.93. The first-order valence-corrected chi connectivity index (χ1v) is 10.6. The molecule has 0 saturated carbocycles. The van der Waals surface area contributed by atoms with Gasteiger partial charge in [-0.1, -0.05) is 48.4 Å². The van der Waals surface area contributed by atoms with Crippen LogP contribution in [-0.4, -0.2) is 26.2 Å². The maximum Gasteiger partial charge on any atom is 0.258 e. The Bertz CT molecular complexity index is 893. The highest BCUT2D eigenvalue weighted by atomic mass is 32.2. The maximum atomic E-state index is 12.7. The fourth-order valence-electron chi connectivity index (χ4n) is 2.42. The zero-order valence-corrected chi connectivity index (χ0v) is 16.9. The van der Waals surface area contributed by atoms with Gasteiger partial charge in [-0.25, -0.2) is 0 Å². The summed E-state index contributed by atoms with van der Waals surface area (Å²) >= 11 is 2.92. The first-order chi connectivity index (χ1) is 13.2. The number of hydrogen-bond donors (Lipinski definition) is 1. The zero-order valence-electron chi connectivity index (χ0n) is 15.3. The van der Waals surface area contributed by atoms with E-state index in [1.807, 2.05) is 18.2 Å². The van der Waals surface area contributed by atoms with Crippen molar-refractivity contribution < 1.29 is 9.32 Å². The highest BCUT2D eigenvalue weighted by molar-refractivity contribution is 7.98. The number of thioether (sulfide) groups is 1. The summed E-state index contributed by atoms with van der Waals surface area (Å²) in [6.45, 7) is 3.92. The number of unbranched alkanes of at least 4 members (excludes halogenated alkanes) is 2. The number of benzene rings is 1. The van der Waals surface area contributed by atoms with Crippen LogP contribution in [-0.2, 0) is 12.2 Å². The summed E-state index contributed by atoms with van der Waals surface area (Å²) in [7, 11) is 0. The third-order valence-corrected chi connectivity index (χ3v) is 5.71. The van der Waals surface area contributed by atoms with Gasteiger partial charge in [0.15, 0.2) is 5.82 Å². The Morgan fingerprint density at radius 3 is 2.89 bits per heavy atom. The number of amides is 1. The van der Waals surface area contributed by atoms with Crippen molar-refractivity contribution >= 4 is 34.1 Å². The van der Waals surface area contributed by atoms with E-state index >= 15 is 0 Å². The van der Waals surface area contributed by atoms with Crippen molar-refractivity contribution in [2.24, 2.45) is 0 Å². The summed E-state index contributed by atoms with van der Waals surface area (Å²) in [5, 5.41) is 16.5. The van der Waals surface area contributed by atoms with E-state index in [0.717, 1.165) is 22.7 Å². The van der Waals surface area contributed by atoms with Crippen molar-refractivity contribution in [3.63, 3.8) is 0 Å². The van der Waals surface area contributed by atoms with Crippen molar-refractivity contribution in [1.29, 1.82) is 0 Å². The van der Waals surface area contributed by atoms with E-state index in [1.54, 1.807) is 13.0 Å². The van der Waals surface area contributed by atoms with Crippen LogP contribution in [0, 0.1) is 6.92 Å². The maximum absolute atomic E-state index is 12.7. The molecule has 27 heavy (non-hydrogen) atoms. The van der Waals surface area contributed by atoms with E-state index in [1.165, 1.54) is 35.9 Å². The third-order valence-electron chi connectivity index (χ3n) is 3.74. The lowest BCUT2D eigenvalue weighted by atomic mass is 10.2. The number of aromatic nitrogens is 4. The minimum absolute atomic E-state index is 0.196. The lowest BCUT2D eigenvalue weighted by molar-refractivity contribution is 0.102. The number of anilines is 1. The quantitative estimate of drug-likeness (QED) is 0.415. The first-order valence-electron chi connectivity index (χ1n) is 8.80. The molecule has 9 heteroatoms. The van der Waals surface area contributed by atoms with E-state index in [9.17, 15) is 4.79 Å². The molecule has 0 radical (unpaired) electrons. The molecule has 3 rings (SSSR count). The van der Waals surface area contributed by atoms with Gasteiger partial charge < -0.3 is 4.52 Å². The molecule has 0 unspecified atom stereocenters. The number of nitrogens with one attached hydrogen (secondary N) is 1. The minimum Gasteiger partial charge on any atom is -0.340 e. The summed E-state index contributed by atoms with van der Waals surface area (Å²) < 4.78 is 4.98. The van der Waals surface area contributed by atoms with E-state index in [2.05, 4.69) is 32.6 Å². The van der Waals surface area contributed by atoms with E-state index in [-0.39, 0.29) is 5.91 Å². The monoisotopic (exact) mass is 403 g/mol. The summed E-state index contributed by atoms with van der Waals surface area (Å²) in [5.41, 5.74) is 0.588. The average molecular weight is 404 g/mol. The smallest absolute Gasteiger partial charge is 0.258 e. The van der Waals surface area contributed by atoms with Crippen molar-refractivity contribution in [3.05, 3.63) is 46.6 Å². The number of rotatable bonds is 9. The Morgan fingerprint density at radius 1 is 1.26 bits per heavy atom. The van der Waals surface area contributed by atoms with Gasteiger partial charge in [0, 0.05) is 18.2 Å². The average Bonchev–Trinajstić information content (AvgIpc) is 3.29. The van der Waals surface area contributed by atoms with E-state index < -0.39 is 0 Å². The standard InChI is InChI=1S/C18H21N5O2S2/c1-3-4-5-10-16-21-22-18(27-16)20-17(24)13-8-6-7-9-14(13)26-11-15-19-12(2)25-23-15/h6-9H,3-5,10-11H2,1-2H3,(H,20,22,24). The fourth-order valence-corrected chi connectivity index (χ4v) is 4.09. The summed E-state index contributed by atoms with van der Waals surface area (Å²) in [6, 6.07) is 7.44. The number of aryl methyl sites for hydroxylation is 2. The van der Waals surface area contributed by atoms with Gasteiger partial charge in [-0.15, -0.1) is 22.0 Å². The van der Waals surface area contributed by atoms with Crippen LogP contribution in [0.4, 0.5) is 5.13 Å². The van der Waals surface area contributed by atoms with Crippen LogP contribution < -0.4 is 5.32 Å². The van der Waals surface area contributed by atoms with Gasteiger partial charge in [0.1, 0.15) is 5.01 Å². The molecule has 0 fully saturated rings. The highest BCUT2D eigenvalue weighted by Gasteiger charge is 2.15.